The summed E-state index contributed by atoms with van der Waals surface area (Å²) in [6, 6.07) is 13.0. The summed E-state index contributed by atoms with van der Waals surface area (Å²) in [5, 5.41) is 19.7. The number of aliphatic hydroxyl groups is 1. The van der Waals surface area contributed by atoms with E-state index in [-0.39, 0.29) is 17.4 Å². The number of rotatable bonds is 6. The normalized spacial score (nSPS) is 26.9. The van der Waals surface area contributed by atoms with Crippen molar-refractivity contribution in [1.82, 2.24) is 4.90 Å². The number of ether oxygens (including phenoxy) is 1. The molecule has 0 radical (unpaired) electrons. The molecular formula is C21H30N2O2. The summed E-state index contributed by atoms with van der Waals surface area (Å²) in [6.07, 6.45) is 5.91. The third-order valence-corrected chi connectivity index (χ3v) is 6.16. The second kappa shape index (κ2) is 8.31. The lowest BCUT2D eigenvalue weighted by Crippen LogP contribution is -2.48. The van der Waals surface area contributed by atoms with Gasteiger partial charge in [-0.15, -0.1) is 0 Å². The van der Waals surface area contributed by atoms with Gasteiger partial charge in [0, 0.05) is 25.2 Å². The van der Waals surface area contributed by atoms with Crippen molar-refractivity contribution in [1.29, 1.82) is 5.26 Å². The smallest absolute Gasteiger partial charge is 0.0691 e. The maximum atomic E-state index is 10.1. The van der Waals surface area contributed by atoms with Crippen molar-refractivity contribution in [3.05, 3.63) is 35.9 Å². The van der Waals surface area contributed by atoms with Crippen molar-refractivity contribution in [2.24, 2.45) is 5.41 Å². The summed E-state index contributed by atoms with van der Waals surface area (Å²) >= 11 is 0. The Balaban J connectivity index is 1.57. The predicted octanol–water partition coefficient (Wildman–Crippen LogP) is 3.11. The summed E-state index contributed by atoms with van der Waals surface area (Å²) in [6.45, 7) is 4.66. The second-order valence-electron chi connectivity index (χ2n) is 7.79. The van der Waals surface area contributed by atoms with Gasteiger partial charge >= 0.3 is 0 Å². The topological polar surface area (TPSA) is 56.5 Å². The Labute approximate surface area is 151 Å². The molecule has 1 N–H and O–H groups in total. The van der Waals surface area contributed by atoms with Crippen LogP contribution in [0, 0.1) is 16.7 Å². The lowest BCUT2D eigenvalue weighted by Gasteiger charge is -2.42. The highest BCUT2D eigenvalue weighted by Crippen LogP contribution is 2.36. The number of piperidine rings is 1. The Morgan fingerprint density at radius 1 is 1.16 bits per heavy atom. The van der Waals surface area contributed by atoms with Gasteiger partial charge in [-0.1, -0.05) is 30.3 Å². The number of likely N-dealkylation sites (tertiary alicyclic amines) is 1. The summed E-state index contributed by atoms with van der Waals surface area (Å²) in [4.78, 5) is 2.48. The minimum Gasteiger partial charge on any atom is -0.395 e. The van der Waals surface area contributed by atoms with Crippen LogP contribution in [0.1, 0.15) is 44.1 Å². The highest BCUT2D eigenvalue weighted by atomic mass is 16.5. The van der Waals surface area contributed by atoms with E-state index in [9.17, 15) is 10.4 Å². The molecule has 1 unspecified atom stereocenters. The highest BCUT2D eigenvalue weighted by Gasteiger charge is 2.37. The average Bonchev–Trinajstić information content (AvgIpc) is 2.69. The van der Waals surface area contributed by atoms with Gasteiger partial charge < -0.3 is 14.7 Å². The molecule has 1 aromatic rings. The summed E-state index contributed by atoms with van der Waals surface area (Å²) in [7, 11) is 0. The number of hydrogen-bond acceptors (Lipinski definition) is 4. The largest absolute Gasteiger partial charge is 0.395 e. The zero-order valence-electron chi connectivity index (χ0n) is 15.1. The van der Waals surface area contributed by atoms with E-state index in [4.69, 9.17) is 4.74 Å². The summed E-state index contributed by atoms with van der Waals surface area (Å²) in [5.74, 6) is 0. The van der Waals surface area contributed by atoms with E-state index in [0.29, 0.717) is 0 Å². The fraction of sp³-hybridized carbons (Fsp3) is 0.667. The lowest BCUT2D eigenvalue weighted by molar-refractivity contribution is 0.0329. The molecule has 3 rings (SSSR count). The molecule has 2 saturated heterocycles. The highest BCUT2D eigenvalue weighted by molar-refractivity contribution is 5.27. The monoisotopic (exact) mass is 342 g/mol. The second-order valence-corrected chi connectivity index (χ2v) is 7.79. The maximum absolute atomic E-state index is 10.1. The molecule has 0 saturated carbocycles. The van der Waals surface area contributed by atoms with Gasteiger partial charge in [-0.3, -0.25) is 0 Å². The van der Waals surface area contributed by atoms with Gasteiger partial charge in [0.2, 0.25) is 0 Å². The van der Waals surface area contributed by atoms with Crippen molar-refractivity contribution in [3.63, 3.8) is 0 Å². The van der Waals surface area contributed by atoms with Crippen molar-refractivity contribution in [3.8, 4) is 6.07 Å². The third-order valence-electron chi connectivity index (χ3n) is 6.16. The molecular weight excluding hydrogens is 312 g/mol. The third kappa shape index (κ3) is 4.23. The zero-order chi connectivity index (χ0) is 17.6. The van der Waals surface area contributed by atoms with E-state index in [2.05, 4.69) is 35.2 Å². The molecule has 1 atom stereocenters. The molecule has 2 fully saturated rings. The quantitative estimate of drug-likeness (QED) is 0.863. The van der Waals surface area contributed by atoms with E-state index < -0.39 is 0 Å². The van der Waals surface area contributed by atoms with Crippen LogP contribution in [0.3, 0.4) is 0 Å². The minimum absolute atomic E-state index is 0.134. The van der Waals surface area contributed by atoms with Crippen LogP contribution in [-0.4, -0.2) is 49.5 Å². The molecule has 2 aliphatic rings. The summed E-state index contributed by atoms with van der Waals surface area (Å²) in [5.41, 5.74) is 0.937. The van der Waals surface area contributed by atoms with Gasteiger partial charge in [0.05, 0.1) is 18.1 Å². The predicted molar refractivity (Wildman–Crippen MR) is 98.2 cm³/mol. The summed E-state index contributed by atoms with van der Waals surface area (Å²) < 4.78 is 5.42. The molecule has 1 aromatic carbocycles. The first kappa shape index (κ1) is 18.4. The van der Waals surface area contributed by atoms with Crippen LogP contribution in [0.15, 0.2) is 30.3 Å². The van der Waals surface area contributed by atoms with Gasteiger partial charge in [0.25, 0.3) is 0 Å². The molecule has 2 heterocycles. The van der Waals surface area contributed by atoms with Crippen molar-refractivity contribution < 1.29 is 9.84 Å². The van der Waals surface area contributed by atoms with Crippen LogP contribution in [0.4, 0.5) is 0 Å². The van der Waals surface area contributed by atoms with Gasteiger partial charge in [-0.25, -0.2) is 0 Å². The Morgan fingerprint density at radius 3 is 2.60 bits per heavy atom. The fourth-order valence-electron chi connectivity index (χ4n) is 4.49. The molecule has 0 bridgehead atoms. The van der Waals surface area contributed by atoms with Gasteiger partial charge in [0.15, 0.2) is 0 Å². The van der Waals surface area contributed by atoms with Gasteiger partial charge in [-0.2, -0.15) is 5.26 Å². The Bertz CT molecular complexity index is 577. The van der Waals surface area contributed by atoms with Gasteiger partial charge in [0.1, 0.15) is 0 Å². The molecule has 4 heteroatoms. The van der Waals surface area contributed by atoms with E-state index in [1.54, 1.807) is 0 Å². The first-order valence-corrected chi connectivity index (χ1v) is 9.60. The number of nitrogens with zero attached hydrogens (tertiary/aromatic N) is 2. The first-order valence-electron chi connectivity index (χ1n) is 9.60. The fourth-order valence-corrected chi connectivity index (χ4v) is 4.49. The molecule has 2 aliphatic heterocycles. The van der Waals surface area contributed by atoms with Crippen LogP contribution in [0.5, 0.6) is 0 Å². The van der Waals surface area contributed by atoms with Crippen LogP contribution in [0.2, 0.25) is 0 Å². The molecule has 25 heavy (non-hydrogen) atoms. The number of aliphatic hydroxyl groups excluding tert-OH is 1. The van der Waals surface area contributed by atoms with Crippen LogP contribution >= 0.6 is 0 Å². The number of nitriles is 1. The zero-order valence-corrected chi connectivity index (χ0v) is 15.1. The molecule has 4 nitrogen and oxygen atoms in total. The van der Waals surface area contributed by atoms with E-state index in [1.807, 2.05) is 6.07 Å². The Morgan fingerprint density at radius 2 is 1.92 bits per heavy atom. The van der Waals surface area contributed by atoms with E-state index in [0.717, 1.165) is 71.4 Å². The Kier molecular flexibility index (Phi) is 6.11. The number of hydrogen-bond donors (Lipinski definition) is 1. The maximum Gasteiger partial charge on any atom is 0.0691 e. The molecule has 0 aliphatic carbocycles. The van der Waals surface area contributed by atoms with E-state index in [1.165, 1.54) is 5.56 Å². The lowest BCUT2D eigenvalue weighted by atomic mass is 9.74. The number of benzene rings is 1. The van der Waals surface area contributed by atoms with Crippen molar-refractivity contribution in [2.45, 2.75) is 43.9 Å². The Hall–Kier alpha value is -1.41. The SMILES string of the molecule is N#CC1(CCCN2CCCC(CO)(c3ccccc3)C2)CCOCC1. The van der Waals surface area contributed by atoms with Gasteiger partial charge in [-0.05, 0) is 57.2 Å². The standard InChI is InChI=1S/C21H30N2O2/c22-16-20(10-14-25-15-11-20)8-4-12-23-13-5-9-21(17-23,18-24)19-6-2-1-3-7-19/h1-3,6-7,24H,4-5,8-15,17-18H2. The average molecular weight is 342 g/mol. The van der Waals surface area contributed by atoms with Crippen molar-refractivity contribution >= 4 is 0 Å². The van der Waals surface area contributed by atoms with Crippen LogP contribution < -0.4 is 0 Å². The molecule has 0 aromatic heterocycles. The van der Waals surface area contributed by atoms with Crippen molar-refractivity contribution in [2.75, 3.05) is 39.5 Å². The van der Waals surface area contributed by atoms with E-state index >= 15 is 0 Å². The molecule has 136 valence electrons. The first-order chi connectivity index (χ1) is 12.2. The van der Waals surface area contributed by atoms with Crippen LogP contribution in [0.25, 0.3) is 0 Å². The van der Waals surface area contributed by atoms with Crippen LogP contribution in [-0.2, 0) is 10.2 Å². The minimum atomic E-state index is -0.179. The molecule has 0 spiro atoms. The molecule has 0 amide bonds.